The van der Waals surface area contributed by atoms with Crippen molar-refractivity contribution < 1.29 is 14.6 Å². The molecule has 0 spiro atoms. The van der Waals surface area contributed by atoms with E-state index in [1.807, 2.05) is 30.3 Å². The fraction of sp³-hybridized carbons (Fsp3) is 0.364. The average Bonchev–Trinajstić information content (AvgIpc) is 3.15. The van der Waals surface area contributed by atoms with Gasteiger partial charge in [-0.3, -0.25) is 4.79 Å². The van der Waals surface area contributed by atoms with Crippen LogP contribution in [0.3, 0.4) is 0 Å². The Bertz CT molecular complexity index is 916. The summed E-state index contributed by atoms with van der Waals surface area (Å²) in [7, 11) is 0. The lowest BCUT2D eigenvalue weighted by Gasteiger charge is -2.34. The van der Waals surface area contributed by atoms with Gasteiger partial charge < -0.3 is 19.6 Å². The third-order valence-corrected chi connectivity index (χ3v) is 6.14. The average molecular weight is 412 g/mol. The van der Waals surface area contributed by atoms with E-state index in [1.54, 1.807) is 11.3 Å². The number of nitrogens with zero attached hydrogens (tertiary/aromatic N) is 3. The molecule has 152 valence electrons. The van der Waals surface area contributed by atoms with E-state index in [9.17, 15) is 4.79 Å². The van der Waals surface area contributed by atoms with Gasteiger partial charge in [-0.25, -0.2) is 4.98 Å². The Morgan fingerprint density at radius 1 is 1.00 bits per heavy atom. The summed E-state index contributed by atoms with van der Waals surface area (Å²) < 4.78 is 7.04. The first-order valence-corrected chi connectivity index (χ1v) is 10.8. The van der Waals surface area contributed by atoms with Gasteiger partial charge in [-0.1, -0.05) is 35.6 Å². The Labute approximate surface area is 174 Å². The molecule has 0 atom stereocenters. The number of para-hydroxylation sites is 1. The molecule has 0 aliphatic carbocycles. The van der Waals surface area contributed by atoms with Crippen LogP contribution in [0.5, 0.6) is 10.9 Å². The number of piperazine rings is 1. The fourth-order valence-corrected chi connectivity index (χ4v) is 4.33. The normalized spacial score (nSPS) is 15.6. The zero-order chi connectivity index (χ0) is 20.1. The van der Waals surface area contributed by atoms with Crippen LogP contribution in [0.15, 0.2) is 48.5 Å². The maximum atomic E-state index is 10.7. The molecule has 1 aliphatic heterocycles. The van der Waals surface area contributed by atoms with Crippen LogP contribution in [-0.2, 0) is 11.2 Å². The number of hydrogen-bond acceptors (Lipinski definition) is 6. The fourth-order valence-electron chi connectivity index (χ4n) is 3.50. The number of fused-ring (bicyclic) bond motifs is 1. The first-order chi connectivity index (χ1) is 14.2. The molecule has 1 saturated heterocycles. The van der Waals surface area contributed by atoms with Crippen molar-refractivity contribution in [2.24, 2.45) is 0 Å². The minimum absolute atomic E-state index is 0.228. The SMILES string of the molecule is O=C(O)CCN1CCN(CCc2ccc(Oc3nc4ccccc4s3)cc2)CC1. The van der Waals surface area contributed by atoms with Crippen molar-refractivity contribution in [3.8, 4) is 10.9 Å². The Kier molecular flexibility index (Phi) is 6.39. The van der Waals surface area contributed by atoms with E-state index < -0.39 is 5.97 Å². The largest absolute Gasteiger partial charge is 0.481 e. The molecule has 0 bridgehead atoms. The molecule has 29 heavy (non-hydrogen) atoms. The highest BCUT2D eigenvalue weighted by Gasteiger charge is 2.17. The third kappa shape index (κ3) is 5.53. The van der Waals surface area contributed by atoms with Crippen LogP contribution in [0.2, 0.25) is 0 Å². The molecule has 1 aliphatic rings. The van der Waals surface area contributed by atoms with Gasteiger partial charge in [0, 0.05) is 39.3 Å². The number of thiazole rings is 1. The summed E-state index contributed by atoms with van der Waals surface area (Å²) in [5.74, 6) is 0.0860. The zero-order valence-corrected chi connectivity index (χ0v) is 17.1. The second kappa shape index (κ2) is 9.35. The number of ether oxygens (including phenoxy) is 1. The predicted molar refractivity (Wildman–Crippen MR) is 115 cm³/mol. The van der Waals surface area contributed by atoms with E-state index in [-0.39, 0.29) is 6.42 Å². The van der Waals surface area contributed by atoms with Crippen LogP contribution in [-0.4, -0.2) is 65.1 Å². The van der Waals surface area contributed by atoms with Crippen molar-refractivity contribution >= 4 is 27.5 Å². The molecule has 0 amide bonds. The second-order valence-corrected chi connectivity index (χ2v) is 8.26. The topological polar surface area (TPSA) is 65.9 Å². The number of carbonyl (C=O) groups is 1. The molecule has 1 aromatic heterocycles. The highest BCUT2D eigenvalue weighted by Crippen LogP contribution is 2.31. The van der Waals surface area contributed by atoms with Gasteiger partial charge >= 0.3 is 5.97 Å². The molecule has 3 aromatic rings. The van der Waals surface area contributed by atoms with Crippen molar-refractivity contribution in [2.75, 3.05) is 39.3 Å². The zero-order valence-electron chi connectivity index (χ0n) is 16.3. The molecule has 0 unspecified atom stereocenters. The number of hydrogen-bond donors (Lipinski definition) is 1. The summed E-state index contributed by atoms with van der Waals surface area (Å²) in [6, 6.07) is 16.3. The van der Waals surface area contributed by atoms with Crippen LogP contribution in [0.1, 0.15) is 12.0 Å². The van der Waals surface area contributed by atoms with Gasteiger partial charge in [0.15, 0.2) is 0 Å². The minimum atomic E-state index is -0.719. The van der Waals surface area contributed by atoms with Gasteiger partial charge in [-0.2, -0.15) is 0 Å². The van der Waals surface area contributed by atoms with Gasteiger partial charge in [-0.15, -0.1) is 0 Å². The van der Waals surface area contributed by atoms with E-state index in [2.05, 4.69) is 33.0 Å². The number of aromatic nitrogens is 1. The smallest absolute Gasteiger partial charge is 0.304 e. The first kappa shape index (κ1) is 19.8. The number of rotatable bonds is 8. The Morgan fingerprint density at radius 2 is 1.69 bits per heavy atom. The summed E-state index contributed by atoms with van der Waals surface area (Å²) >= 11 is 1.55. The van der Waals surface area contributed by atoms with E-state index in [1.165, 1.54) is 5.56 Å². The summed E-state index contributed by atoms with van der Waals surface area (Å²) in [6.07, 6.45) is 1.22. The third-order valence-electron chi connectivity index (χ3n) is 5.23. The van der Waals surface area contributed by atoms with Crippen LogP contribution in [0.25, 0.3) is 10.2 Å². The monoisotopic (exact) mass is 411 g/mol. The molecule has 6 nitrogen and oxygen atoms in total. The van der Waals surface area contributed by atoms with Crippen LogP contribution < -0.4 is 4.74 Å². The number of carboxylic acid groups (broad SMARTS) is 1. The molecule has 7 heteroatoms. The predicted octanol–water partition coefficient (Wildman–Crippen LogP) is 3.72. The molecule has 0 radical (unpaired) electrons. The van der Waals surface area contributed by atoms with E-state index in [4.69, 9.17) is 9.84 Å². The van der Waals surface area contributed by atoms with Crippen LogP contribution >= 0.6 is 11.3 Å². The Balaban J connectivity index is 1.23. The molecule has 2 aromatic carbocycles. The van der Waals surface area contributed by atoms with Gasteiger partial charge in [0.05, 0.1) is 16.6 Å². The lowest BCUT2D eigenvalue weighted by molar-refractivity contribution is -0.137. The standard InChI is InChI=1S/C22H25N3O3S/c26-21(27)10-12-25-15-13-24(14-16-25)11-9-17-5-7-18(8-6-17)28-22-23-19-3-1-2-4-20(19)29-22/h1-8H,9-16H2,(H,26,27). The van der Waals surface area contributed by atoms with Gasteiger partial charge in [-0.05, 0) is 36.2 Å². The summed E-state index contributed by atoms with van der Waals surface area (Å²) in [4.78, 5) is 19.9. The maximum Gasteiger partial charge on any atom is 0.304 e. The Hall–Kier alpha value is -2.48. The van der Waals surface area contributed by atoms with Crippen molar-refractivity contribution in [1.29, 1.82) is 0 Å². The molecule has 1 fully saturated rings. The number of carboxylic acids is 1. The first-order valence-electron chi connectivity index (χ1n) is 9.94. The van der Waals surface area contributed by atoms with Crippen LogP contribution in [0, 0.1) is 0 Å². The lowest BCUT2D eigenvalue weighted by Crippen LogP contribution is -2.47. The van der Waals surface area contributed by atoms with E-state index in [0.717, 1.165) is 55.1 Å². The molecule has 4 rings (SSSR count). The molecular weight excluding hydrogens is 386 g/mol. The summed E-state index contributed by atoms with van der Waals surface area (Å²) in [5.41, 5.74) is 2.25. The highest BCUT2D eigenvalue weighted by atomic mass is 32.1. The van der Waals surface area contributed by atoms with Crippen molar-refractivity contribution in [3.05, 3.63) is 54.1 Å². The maximum absolute atomic E-state index is 10.7. The molecule has 2 heterocycles. The van der Waals surface area contributed by atoms with Gasteiger partial charge in [0.2, 0.25) is 0 Å². The molecule has 1 N–H and O–H groups in total. The summed E-state index contributed by atoms with van der Waals surface area (Å²) in [6.45, 7) is 5.56. The van der Waals surface area contributed by atoms with Crippen molar-refractivity contribution in [3.63, 3.8) is 0 Å². The van der Waals surface area contributed by atoms with Crippen LogP contribution in [0.4, 0.5) is 0 Å². The molecular formula is C22H25N3O3S. The lowest BCUT2D eigenvalue weighted by atomic mass is 10.1. The minimum Gasteiger partial charge on any atom is -0.481 e. The van der Waals surface area contributed by atoms with E-state index >= 15 is 0 Å². The van der Waals surface area contributed by atoms with Crippen molar-refractivity contribution in [1.82, 2.24) is 14.8 Å². The van der Waals surface area contributed by atoms with Gasteiger partial charge in [0.25, 0.3) is 5.19 Å². The molecule has 0 saturated carbocycles. The highest BCUT2D eigenvalue weighted by molar-refractivity contribution is 7.20. The number of aliphatic carboxylic acids is 1. The Morgan fingerprint density at radius 3 is 2.38 bits per heavy atom. The van der Waals surface area contributed by atoms with Gasteiger partial charge in [0.1, 0.15) is 5.75 Å². The summed E-state index contributed by atoms with van der Waals surface area (Å²) in [5, 5.41) is 9.46. The van der Waals surface area contributed by atoms with E-state index in [0.29, 0.717) is 11.7 Å². The second-order valence-electron chi connectivity index (χ2n) is 7.27. The quantitative estimate of drug-likeness (QED) is 0.609. The number of benzene rings is 2. The van der Waals surface area contributed by atoms with Crippen molar-refractivity contribution in [2.45, 2.75) is 12.8 Å².